The second-order valence-corrected chi connectivity index (χ2v) is 7.96. The second kappa shape index (κ2) is 9.51. The maximum Gasteiger partial charge on any atom is 0.220 e. The molecule has 2 unspecified atom stereocenters. The first-order chi connectivity index (χ1) is 11.4. The lowest BCUT2D eigenvalue weighted by Crippen LogP contribution is -2.46. The van der Waals surface area contributed by atoms with Gasteiger partial charge in [0, 0.05) is 39.0 Å². The van der Waals surface area contributed by atoms with Crippen molar-refractivity contribution in [3.8, 4) is 0 Å². The first-order valence-electron chi connectivity index (χ1n) is 8.37. The van der Waals surface area contributed by atoms with Crippen molar-refractivity contribution >= 4 is 34.6 Å². The zero-order valence-electron chi connectivity index (χ0n) is 14.2. The summed E-state index contributed by atoms with van der Waals surface area (Å²) in [5.41, 5.74) is 0. The van der Waals surface area contributed by atoms with E-state index >= 15 is 0 Å². The van der Waals surface area contributed by atoms with Gasteiger partial charge in [-0.25, -0.2) is 0 Å². The van der Waals surface area contributed by atoms with E-state index in [9.17, 15) is 9.59 Å². The molecule has 0 aliphatic carbocycles. The fourth-order valence-electron chi connectivity index (χ4n) is 2.90. The van der Waals surface area contributed by atoms with E-state index in [2.05, 4.69) is 24.1 Å². The highest BCUT2D eigenvalue weighted by atomic mass is 35.5. The average molecular weight is 373 g/mol. The zero-order chi connectivity index (χ0) is 17.5. The Kier molecular flexibility index (Phi) is 7.68. The van der Waals surface area contributed by atoms with Crippen LogP contribution in [0.2, 0.25) is 4.34 Å². The molecule has 0 saturated carbocycles. The molecule has 1 fully saturated rings. The lowest BCUT2D eigenvalue weighted by Gasteiger charge is -2.35. The van der Waals surface area contributed by atoms with Gasteiger partial charge in [-0.15, -0.1) is 11.3 Å². The van der Waals surface area contributed by atoms with Crippen molar-refractivity contribution in [2.24, 2.45) is 0 Å². The van der Waals surface area contributed by atoms with Gasteiger partial charge < -0.3 is 10.1 Å². The number of rotatable bonds is 8. The Bertz CT molecular complexity index is 554. The Morgan fingerprint density at radius 3 is 2.62 bits per heavy atom. The van der Waals surface area contributed by atoms with Crippen LogP contribution in [0.1, 0.15) is 42.8 Å². The van der Waals surface area contributed by atoms with E-state index in [-0.39, 0.29) is 36.7 Å². The summed E-state index contributed by atoms with van der Waals surface area (Å²) in [6.45, 7) is 7.64. The van der Waals surface area contributed by atoms with Gasteiger partial charge in [-0.05, 0) is 32.4 Å². The molecule has 2 rings (SSSR count). The lowest BCUT2D eigenvalue weighted by atomic mass is 10.2. The smallest absolute Gasteiger partial charge is 0.220 e. The van der Waals surface area contributed by atoms with Gasteiger partial charge in [0.1, 0.15) is 0 Å². The number of Topliss-reactive ketones (excluding diaryl/α,β-unsaturated/α-hetero) is 1. The van der Waals surface area contributed by atoms with Gasteiger partial charge >= 0.3 is 0 Å². The first-order valence-corrected chi connectivity index (χ1v) is 9.56. The second-order valence-electron chi connectivity index (χ2n) is 6.25. The summed E-state index contributed by atoms with van der Waals surface area (Å²) in [4.78, 5) is 26.7. The highest BCUT2D eigenvalue weighted by Crippen LogP contribution is 2.22. The molecule has 1 aliphatic heterocycles. The molecule has 1 saturated heterocycles. The monoisotopic (exact) mass is 372 g/mol. The van der Waals surface area contributed by atoms with Crippen molar-refractivity contribution < 1.29 is 14.3 Å². The molecule has 1 amide bonds. The van der Waals surface area contributed by atoms with Gasteiger partial charge in [0.2, 0.25) is 5.91 Å². The topological polar surface area (TPSA) is 58.6 Å². The van der Waals surface area contributed by atoms with Crippen LogP contribution in [-0.4, -0.2) is 55.0 Å². The van der Waals surface area contributed by atoms with E-state index in [1.165, 1.54) is 11.3 Å². The number of ether oxygens (including phenoxy) is 1. The van der Waals surface area contributed by atoms with Crippen molar-refractivity contribution in [2.45, 2.75) is 45.3 Å². The number of halogens is 1. The summed E-state index contributed by atoms with van der Waals surface area (Å²) in [6.07, 6.45) is 1.88. The van der Waals surface area contributed by atoms with Crippen molar-refractivity contribution in [3.05, 3.63) is 21.3 Å². The van der Waals surface area contributed by atoms with E-state index in [0.29, 0.717) is 15.8 Å². The van der Waals surface area contributed by atoms with E-state index in [1.807, 2.05) is 0 Å². The Balaban J connectivity index is 1.57. The Morgan fingerprint density at radius 2 is 2.00 bits per heavy atom. The number of hydrogen-bond acceptors (Lipinski definition) is 5. The van der Waals surface area contributed by atoms with Crippen LogP contribution in [0.15, 0.2) is 12.1 Å². The molecule has 1 aromatic heterocycles. The van der Waals surface area contributed by atoms with E-state index in [0.717, 1.165) is 26.1 Å². The molecule has 0 aromatic carbocycles. The molecule has 134 valence electrons. The summed E-state index contributed by atoms with van der Waals surface area (Å²) in [7, 11) is 0. The van der Waals surface area contributed by atoms with Crippen LogP contribution in [0.4, 0.5) is 0 Å². The Labute approximate surface area is 152 Å². The summed E-state index contributed by atoms with van der Waals surface area (Å²) in [5, 5.41) is 2.88. The number of nitrogens with zero attached hydrogens (tertiary/aromatic N) is 1. The van der Waals surface area contributed by atoms with Crippen LogP contribution in [0.5, 0.6) is 0 Å². The molecule has 0 bridgehead atoms. The number of thiophene rings is 1. The number of amides is 1. The summed E-state index contributed by atoms with van der Waals surface area (Å²) >= 11 is 7.06. The molecule has 1 aliphatic rings. The molecule has 0 spiro atoms. The first kappa shape index (κ1) is 19.4. The fourth-order valence-corrected chi connectivity index (χ4v) is 3.91. The maximum atomic E-state index is 11.9. The molecule has 2 atom stereocenters. The zero-order valence-corrected chi connectivity index (χ0v) is 15.8. The Hall–Kier alpha value is -0.950. The molecule has 0 radical (unpaired) electrons. The summed E-state index contributed by atoms with van der Waals surface area (Å²) < 4.78 is 6.29. The highest BCUT2D eigenvalue weighted by Gasteiger charge is 2.21. The molecule has 5 nitrogen and oxygen atoms in total. The van der Waals surface area contributed by atoms with Gasteiger partial charge in [-0.3, -0.25) is 14.5 Å². The van der Waals surface area contributed by atoms with Crippen LogP contribution in [-0.2, 0) is 9.53 Å². The molecule has 7 heteroatoms. The molecular formula is C17H25ClN2O3S. The van der Waals surface area contributed by atoms with E-state index in [4.69, 9.17) is 16.3 Å². The number of ketones is 1. The summed E-state index contributed by atoms with van der Waals surface area (Å²) in [6, 6.07) is 3.41. The number of carbonyl (C=O) groups is 2. The largest absolute Gasteiger partial charge is 0.373 e. The van der Waals surface area contributed by atoms with Crippen molar-refractivity contribution in [2.75, 3.05) is 26.2 Å². The molecule has 1 aromatic rings. The third kappa shape index (κ3) is 6.51. The minimum atomic E-state index is -0.0743. The van der Waals surface area contributed by atoms with Crippen LogP contribution >= 0.6 is 22.9 Å². The van der Waals surface area contributed by atoms with Gasteiger partial charge in [0.15, 0.2) is 5.78 Å². The number of nitrogens with one attached hydrogen (secondary N) is 1. The SMILES string of the molecule is CC1CN(CCCNC(=O)CCC(=O)c2ccc(Cl)s2)CC(C)O1. The van der Waals surface area contributed by atoms with Crippen molar-refractivity contribution in [1.82, 2.24) is 10.2 Å². The minimum Gasteiger partial charge on any atom is -0.373 e. The highest BCUT2D eigenvalue weighted by molar-refractivity contribution is 7.18. The predicted octanol–water partition coefficient (Wildman–Crippen LogP) is 2.98. The minimum absolute atomic E-state index is 0.0293. The van der Waals surface area contributed by atoms with E-state index in [1.54, 1.807) is 12.1 Å². The third-order valence-electron chi connectivity index (χ3n) is 3.90. The maximum absolute atomic E-state index is 11.9. The van der Waals surface area contributed by atoms with Crippen LogP contribution < -0.4 is 5.32 Å². The fraction of sp³-hybridized carbons (Fsp3) is 0.647. The van der Waals surface area contributed by atoms with Crippen LogP contribution in [0.3, 0.4) is 0 Å². The van der Waals surface area contributed by atoms with Gasteiger partial charge in [0.05, 0.1) is 21.4 Å². The van der Waals surface area contributed by atoms with Gasteiger partial charge in [-0.2, -0.15) is 0 Å². The normalized spacial score (nSPS) is 21.6. The molecule has 2 heterocycles. The van der Waals surface area contributed by atoms with Gasteiger partial charge in [-0.1, -0.05) is 11.6 Å². The molecule has 24 heavy (non-hydrogen) atoms. The summed E-state index contributed by atoms with van der Waals surface area (Å²) in [5.74, 6) is -0.104. The lowest BCUT2D eigenvalue weighted by molar-refractivity contribution is -0.121. The number of hydrogen-bond donors (Lipinski definition) is 1. The quantitative estimate of drug-likeness (QED) is 0.563. The van der Waals surface area contributed by atoms with Crippen molar-refractivity contribution in [3.63, 3.8) is 0 Å². The van der Waals surface area contributed by atoms with Crippen LogP contribution in [0, 0.1) is 0 Å². The third-order valence-corrected chi connectivity index (χ3v) is 5.17. The van der Waals surface area contributed by atoms with Crippen molar-refractivity contribution in [1.29, 1.82) is 0 Å². The Morgan fingerprint density at radius 1 is 1.29 bits per heavy atom. The number of morpholine rings is 1. The average Bonchev–Trinajstić information content (AvgIpc) is 2.95. The predicted molar refractivity (Wildman–Crippen MR) is 97.0 cm³/mol. The standard InChI is InChI=1S/C17H25ClN2O3S/c1-12-10-20(11-13(2)23-12)9-3-8-19-17(22)7-4-14(21)15-5-6-16(18)24-15/h5-6,12-13H,3-4,7-11H2,1-2H3,(H,19,22). The number of carbonyl (C=O) groups excluding carboxylic acids is 2. The van der Waals surface area contributed by atoms with Gasteiger partial charge in [0.25, 0.3) is 0 Å². The molecule has 1 N–H and O–H groups in total. The van der Waals surface area contributed by atoms with E-state index < -0.39 is 0 Å². The molecular weight excluding hydrogens is 348 g/mol. The van der Waals surface area contributed by atoms with Crippen LogP contribution in [0.25, 0.3) is 0 Å².